The van der Waals surface area contributed by atoms with Crippen molar-refractivity contribution in [1.29, 1.82) is 0 Å². The lowest BCUT2D eigenvalue weighted by Crippen LogP contribution is -2.51. The highest BCUT2D eigenvalue weighted by Gasteiger charge is 2.70. The van der Waals surface area contributed by atoms with Gasteiger partial charge in [0.25, 0.3) is 0 Å². The second kappa shape index (κ2) is 9.55. The average Bonchev–Trinajstić information content (AvgIpc) is 3.49. The van der Waals surface area contributed by atoms with Crippen molar-refractivity contribution < 1.29 is 19.1 Å². The molecule has 1 fully saturated rings. The summed E-state index contributed by atoms with van der Waals surface area (Å²) in [5.41, 5.74) is 4.87. The number of anilines is 2. The smallest absolute Gasteiger partial charge is 0.238 e. The van der Waals surface area contributed by atoms with E-state index in [9.17, 15) is 14.4 Å². The van der Waals surface area contributed by atoms with E-state index >= 15 is 0 Å². The number of rotatable bonds is 5. The summed E-state index contributed by atoms with van der Waals surface area (Å²) in [6.07, 6.45) is 2.08. The number of ether oxygens (including phenoxy) is 1. The van der Waals surface area contributed by atoms with E-state index < -0.39 is 23.4 Å². The Morgan fingerprint density at radius 2 is 1.57 bits per heavy atom. The third kappa shape index (κ3) is 3.54. The molecule has 1 saturated heterocycles. The van der Waals surface area contributed by atoms with Crippen LogP contribution in [0.2, 0.25) is 0 Å². The molecule has 1 N–H and O–H groups in total. The Morgan fingerprint density at radius 1 is 0.833 bits per heavy atom. The van der Waals surface area contributed by atoms with Crippen LogP contribution in [0, 0.1) is 12.8 Å². The molecule has 0 aliphatic carbocycles. The quantitative estimate of drug-likeness (QED) is 0.295. The number of carbonyl (C=O) groups excluding carboxylic acids is 3. The lowest BCUT2D eigenvalue weighted by atomic mass is 9.64. The summed E-state index contributed by atoms with van der Waals surface area (Å²) >= 11 is 0. The van der Waals surface area contributed by atoms with Crippen molar-refractivity contribution >= 4 is 34.4 Å². The van der Waals surface area contributed by atoms with Crippen LogP contribution in [-0.4, -0.2) is 36.7 Å². The van der Waals surface area contributed by atoms with Crippen LogP contribution in [0.15, 0.2) is 103 Å². The monoisotopic (exact) mass is 554 g/mol. The topological polar surface area (TPSA) is 75.7 Å². The van der Waals surface area contributed by atoms with Gasteiger partial charge in [0.15, 0.2) is 11.6 Å². The number of ketones is 2. The molecule has 7 rings (SSSR count). The summed E-state index contributed by atoms with van der Waals surface area (Å²) in [5, 5.41) is 3.09. The molecule has 1 spiro atoms. The standard InChI is InChI=1S/C36H30N2O4/c1-21-16-17-29-26(18-21)22(2)19-30-36(27-14-7-8-15-28(27)37-35(36)41)31(33(39)24-12-9-13-25(20-24)42-3)32(38(29)30)34(40)23-10-5-4-6-11-23/h4-20,30-32H,1-3H3,(H,37,41)/t30-,31-,32+,36-/m0/s1. The molecule has 0 aromatic heterocycles. The van der Waals surface area contributed by atoms with Crippen molar-refractivity contribution in [3.05, 3.63) is 131 Å². The number of allylic oxidation sites excluding steroid dienone is 1. The summed E-state index contributed by atoms with van der Waals surface area (Å²) in [6, 6.07) is 28.2. The molecular formula is C36H30N2O4. The van der Waals surface area contributed by atoms with Crippen LogP contribution in [0.5, 0.6) is 5.75 Å². The fourth-order valence-corrected chi connectivity index (χ4v) is 7.28. The van der Waals surface area contributed by atoms with Crippen LogP contribution in [-0.2, 0) is 10.2 Å². The van der Waals surface area contributed by atoms with Crippen LogP contribution in [0.3, 0.4) is 0 Å². The first-order valence-corrected chi connectivity index (χ1v) is 14.1. The van der Waals surface area contributed by atoms with Gasteiger partial charge in [-0.25, -0.2) is 0 Å². The molecule has 208 valence electrons. The van der Waals surface area contributed by atoms with Gasteiger partial charge in [-0.1, -0.05) is 78.4 Å². The minimum Gasteiger partial charge on any atom is -0.497 e. The van der Waals surface area contributed by atoms with E-state index in [2.05, 4.69) is 17.5 Å². The molecule has 42 heavy (non-hydrogen) atoms. The zero-order valence-corrected chi connectivity index (χ0v) is 23.6. The van der Waals surface area contributed by atoms with E-state index in [1.807, 2.05) is 73.3 Å². The summed E-state index contributed by atoms with van der Waals surface area (Å²) in [5.74, 6) is -1.24. The Balaban J connectivity index is 1.56. The predicted octanol–water partition coefficient (Wildman–Crippen LogP) is 6.25. The molecule has 3 aliphatic rings. The maximum Gasteiger partial charge on any atom is 0.238 e. The number of methoxy groups -OCH3 is 1. The summed E-state index contributed by atoms with van der Waals surface area (Å²) in [4.78, 5) is 46.2. The number of para-hydroxylation sites is 1. The van der Waals surface area contributed by atoms with E-state index in [4.69, 9.17) is 4.74 Å². The molecule has 0 bridgehead atoms. The lowest BCUT2D eigenvalue weighted by molar-refractivity contribution is -0.121. The molecule has 3 aliphatic heterocycles. The Hall–Kier alpha value is -4.97. The summed E-state index contributed by atoms with van der Waals surface area (Å²) in [6.45, 7) is 4.07. The van der Waals surface area contributed by atoms with Gasteiger partial charge in [-0.3, -0.25) is 14.4 Å². The van der Waals surface area contributed by atoms with Crippen LogP contribution >= 0.6 is 0 Å². The van der Waals surface area contributed by atoms with Crippen molar-refractivity contribution in [3.8, 4) is 5.75 Å². The first-order valence-electron chi connectivity index (χ1n) is 14.1. The lowest BCUT2D eigenvalue weighted by Gasteiger charge is -2.39. The number of hydrogen-bond donors (Lipinski definition) is 1. The van der Waals surface area contributed by atoms with Crippen molar-refractivity contribution in [3.63, 3.8) is 0 Å². The van der Waals surface area contributed by atoms with Gasteiger partial charge in [-0.05, 0) is 55.3 Å². The summed E-state index contributed by atoms with van der Waals surface area (Å²) in [7, 11) is 1.55. The number of benzene rings is 4. The number of nitrogens with one attached hydrogen (secondary N) is 1. The van der Waals surface area contributed by atoms with Gasteiger partial charge in [0.05, 0.1) is 19.1 Å². The summed E-state index contributed by atoms with van der Waals surface area (Å²) < 4.78 is 5.45. The highest BCUT2D eigenvalue weighted by atomic mass is 16.5. The van der Waals surface area contributed by atoms with Crippen molar-refractivity contribution in [1.82, 2.24) is 0 Å². The molecule has 1 amide bonds. The van der Waals surface area contributed by atoms with E-state index in [1.54, 1.807) is 43.5 Å². The van der Waals surface area contributed by atoms with Gasteiger partial charge < -0.3 is 15.0 Å². The first-order chi connectivity index (χ1) is 20.4. The average molecular weight is 555 g/mol. The Kier molecular flexibility index (Phi) is 5.91. The molecule has 4 aromatic carbocycles. The van der Waals surface area contributed by atoms with Gasteiger partial charge >= 0.3 is 0 Å². The Morgan fingerprint density at radius 3 is 2.36 bits per heavy atom. The van der Waals surface area contributed by atoms with Crippen LogP contribution < -0.4 is 15.0 Å². The fourth-order valence-electron chi connectivity index (χ4n) is 7.28. The van der Waals surface area contributed by atoms with E-state index in [0.29, 0.717) is 22.6 Å². The zero-order valence-electron chi connectivity index (χ0n) is 23.6. The fraction of sp³-hybridized carbons (Fsp3) is 0.194. The second-order valence-electron chi connectivity index (χ2n) is 11.3. The van der Waals surface area contributed by atoms with Gasteiger partial charge in [-0.15, -0.1) is 0 Å². The largest absolute Gasteiger partial charge is 0.497 e. The van der Waals surface area contributed by atoms with E-state index in [-0.39, 0.29) is 17.5 Å². The maximum atomic E-state index is 14.9. The van der Waals surface area contributed by atoms with Crippen LogP contribution in [0.1, 0.15) is 44.3 Å². The van der Waals surface area contributed by atoms with Crippen molar-refractivity contribution in [2.45, 2.75) is 31.3 Å². The molecule has 0 saturated carbocycles. The number of nitrogens with zero attached hydrogens (tertiary/aromatic N) is 1. The van der Waals surface area contributed by atoms with Gasteiger partial charge in [0, 0.05) is 28.1 Å². The Labute approximate surface area is 244 Å². The third-order valence-corrected chi connectivity index (χ3v) is 9.10. The van der Waals surface area contributed by atoms with Gasteiger partial charge in [0.2, 0.25) is 5.91 Å². The van der Waals surface area contributed by atoms with E-state index in [1.165, 1.54) is 0 Å². The second-order valence-corrected chi connectivity index (χ2v) is 11.3. The number of aryl methyl sites for hydroxylation is 1. The van der Waals surface area contributed by atoms with Crippen molar-refractivity contribution in [2.24, 2.45) is 5.92 Å². The van der Waals surface area contributed by atoms with Gasteiger partial charge in [-0.2, -0.15) is 0 Å². The molecule has 3 heterocycles. The number of amides is 1. The molecule has 0 unspecified atom stereocenters. The SMILES string of the molecule is COc1cccc(C(=O)[C@@H]2[C@H](C(=O)c3ccccc3)N3c4ccc(C)cc4C(C)=C[C@H]3[C@]23C(=O)Nc2ccccc23)c1. The maximum absolute atomic E-state index is 14.9. The molecule has 0 radical (unpaired) electrons. The number of fused-ring (bicyclic) bond motifs is 6. The number of carbonyl (C=O) groups is 3. The normalized spacial score (nSPS) is 23.5. The molecule has 6 heteroatoms. The highest BCUT2D eigenvalue weighted by Crippen LogP contribution is 2.59. The molecular weight excluding hydrogens is 524 g/mol. The van der Waals surface area contributed by atoms with Crippen molar-refractivity contribution in [2.75, 3.05) is 17.3 Å². The number of hydrogen-bond acceptors (Lipinski definition) is 5. The van der Waals surface area contributed by atoms with Gasteiger partial charge in [0.1, 0.15) is 17.2 Å². The molecule has 4 aromatic rings. The Bertz CT molecular complexity index is 1810. The molecule has 4 atom stereocenters. The van der Waals surface area contributed by atoms with E-state index in [0.717, 1.165) is 28.0 Å². The van der Waals surface area contributed by atoms with Crippen LogP contribution in [0.25, 0.3) is 5.57 Å². The highest BCUT2D eigenvalue weighted by molar-refractivity contribution is 6.18. The van der Waals surface area contributed by atoms with Crippen LogP contribution in [0.4, 0.5) is 11.4 Å². The minimum absolute atomic E-state index is 0.199. The predicted molar refractivity (Wildman–Crippen MR) is 163 cm³/mol. The first kappa shape index (κ1) is 26.0. The zero-order chi connectivity index (χ0) is 29.2. The number of Topliss-reactive ketones (excluding diaryl/α,β-unsaturated/α-hetero) is 2. The minimum atomic E-state index is -1.35. The molecule has 6 nitrogen and oxygen atoms in total. The third-order valence-electron chi connectivity index (χ3n) is 9.10.